The molecule has 3 aromatic rings. The van der Waals surface area contributed by atoms with E-state index in [0.29, 0.717) is 20.7 Å². The van der Waals surface area contributed by atoms with E-state index in [1.54, 1.807) is 24.3 Å². The number of anilines is 1. The number of carbonyl (C=O) groups is 2. The Labute approximate surface area is 197 Å². The Morgan fingerprint density at radius 2 is 1.80 bits per heavy atom. The fourth-order valence-electron chi connectivity index (χ4n) is 2.86. The lowest BCUT2D eigenvalue weighted by atomic mass is 10.1. The Morgan fingerprint density at radius 3 is 2.47 bits per heavy atom. The lowest BCUT2D eigenvalue weighted by Gasteiger charge is -2.03. The molecule has 0 unspecified atom stereocenters. The molecule has 1 aromatic heterocycles. The van der Waals surface area contributed by atoms with E-state index in [0.717, 1.165) is 33.4 Å². The van der Waals surface area contributed by atoms with Gasteiger partial charge in [0.1, 0.15) is 0 Å². The minimum absolute atomic E-state index is 0.0695. The van der Waals surface area contributed by atoms with Crippen LogP contribution in [0.25, 0.3) is 11.3 Å². The first kappa shape index (κ1) is 22.9. The van der Waals surface area contributed by atoms with Gasteiger partial charge < -0.3 is 5.32 Å². The fraction of sp³-hybridized carbons (Fsp3) is 0.227. The van der Waals surface area contributed by atoms with Crippen LogP contribution in [0.2, 0.25) is 10.0 Å². The van der Waals surface area contributed by atoms with E-state index >= 15 is 0 Å². The largest absolute Gasteiger partial charge is 0.302 e. The van der Waals surface area contributed by atoms with Gasteiger partial charge in [-0.15, -0.1) is 11.3 Å². The molecule has 0 atom stereocenters. The molecule has 3 rings (SSSR count). The molecule has 1 heterocycles. The number of rotatable bonds is 8. The minimum atomic E-state index is -0.238. The van der Waals surface area contributed by atoms with E-state index < -0.39 is 0 Å². The number of nitrogens with zero attached hydrogens (tertiary/aromatic N) is 1. The van der Waals surface area contributed by atoms with E-state index in [1.807, 2.05) is 18.2 Å². The van der Waals surface area contributed by atoms with Crippen LogP contribution >= 0.6 is 50.5 Å². The van der Waals surface area contributed by atoms with Gasteiger partial charge in [-0.2, -0.15) is 0 Å². The van der Waals surface area contributed by atoms with Crippen LogP contribution in [-0.2, 0) is 11.2 Å². The first-order valence-electron chi connectivity index (χ1n) is 9.41. The third-order valence-corrected chi connectivity index (χ3v) is 6.66. The Bertz CT molecular complexity index is 1070. The summed E-state index contributed by atoms with van der Waals surface area (Å²) in [5.41, 5.74) is 2.24. The van der Waals surface area contributed by atoms with Gasteiger partial charge in [0.15, 0.2) is 10.9 Å². The monoisotopic (exact) mass is 524 g/mol. The van der Waals surface area contributed by atoms with Gasteiger partial charge in [-0.1, -0.05) is 70.7 Å². The lowest BCUT2D eigenvalue weighted by Crippen LogP contribution is -2.13. The van der Waals surface area contributed by atoms with Crippen molar-refractivity contribution in [3.8, 4) is 11.3 Å². The molecule has 0 saturated heterocycles. The standard InChI is InChI=1S/C22H19BrCl2N2O2S/c1-2-3-19-21(14-6-9-16(24)17(25)12-14)27-22(30-19)26-20(29)11-10-18(28)13-4-7-15(23)8-5-13/h4-9,12H,2-3,10-11H2,1H3,(H,26,27,29). The van der Waals surface area contributed by atoms with Crippen LogP contribution in [0.3, 0.4) is 0 Å². The van der Waals surface area contributed by atoms with Crippen molar-refractivity contribution >= 4 is 67.3 Å². The molecule has 4 nitrogen and oxygen atoms in total. The van der Waals surface area contributed by atoms with Crippen LogP contribution in [0.5, 0.6) is 0 Å². The number of ketones is 1. The molecule has 0 aliphatic heterocycles. The topological polar surface area (TPSA) is 59.1 Å². The average molecular weight is 526 g/mol. The van der Waals surface area contributed by atoms with E-state index in [2.05, 4.69) is 33.2 Å². The SMILES string of the molecule is CCCc1sc(NC(=O)CCC(=O)c2ccc(Br)cc2)nc1-c1ccc(Cl)c(Cl)c1. The summed E-state index contributed by atoms with van der Waals surface area (Å²) >= 11 is 17.0. The van der Waals surface area contributed by atoms with Gasteiger partial charge in [0.25, 0.3) is 0 Å². The van der Waals surface area contributed by atoms with Gasteiger partial charge >= 0.3 is 0 Å². The number of amides is 1. The van der Waals surface area contributed by atoms with Crippen LogP contribution in [0.1, 0.15) is 41.4 Å². The summed E-state index contributed by atoms with van der Waals surface area (Å²) in [4.78, 5) is 30.3. The molecule has 8 heteroatoms. The van der Waals surface area contributed by atoms with Gasteiger partial charge in [-0.05, 0) is 30.7 Å². The van der Waals surface area contributed by atoms with E-state index in [-0.39, 0.29) is 24.5 Å². The van der Waals surface area contributed by atoms with Crippen LogP contribution in [0.15, 0.2) is 46.9 Å². The highest BCUT2D eigenvalue weighted by molar-refractivity contribution is 9.10. The van der Waals surface area contributed by atoms with Crippen LogP contribution in [0.4, 0.5) is 5.13 Å². The molecule has 1 N–H and O–H groups in total. The van der Waals surface area contributed by atoms with E-state index in [9.17, 15) is 9.59 Å². The molecular weight excluding hydrogens is 507 g/mol. The molecule has 0 saturated carbocycles. The Morgan fingerprint density at radius 1 is 1.07 bits per heavy atom. The number of hydrogen-bond donors (Lipinski definition) is 1. The molecule has 156 valence electrons. The molecular formula is C22H19BrCl2N2O2S. The molecule has 2 aromatic carbocycles. The smallest absolute Gasteiger partial charge is 0.226 e. The highest BCUT2D eigenvalue weighted by Gasteiger charge is 2.16. The molecule has 0 aliphatic carbocycles. The highest BCUT2D eigenvalue weighted by atomic mass is 79.9. The first-order chi connectivity index (χ1) is 14.4. The number of carbonyl (C=O) groups excluding carboxylic acids is 2. The van der Waals surface area contributed by atoms with Crippen LogP contribution in [-0.4, -0.2) is 16.7 Å². The quantitative estimate of drug-likeness (QED) is 0.311. The van der Waals surface area contributed by atoms with Crippen molar-refractivity contribution in [1.82, 2.24) is 4.98 Å². The third kappa shape index (κ3) is 5.91. The van der Waals surface area contributed by atoms with Crippen LogP contribution in [0, 0.1) is 0 Å². The number of halogens is 3. The second-order valence-corrected chi connectivity index (χ2v) is 9.46. The number of thiazole rings is 1. The van der Waals surface area contributed by atoms with Gasteiger partial charge in [-0.3, -0.25) is 9.59 Å². The lowest BCUT2D eigenvalue weighted by molar-refractivity contribution is -0.116. The molecule has 1 amide bonds. The zero-order valence-electron chi connectivity index (χ0n) is 16.2. The number of nitrogens with one attached hydrogen (secondary N) is 1. The first-order valence-corrected chi connectivity index (χ1v) is 11.8. The van der Waals surface area contributed by atoms with Crippen molar-refractivity contribution in [2.24, 2.45) is 0 Å². The summed E-state index contributed by atoms with van der Waals surface area (Å²) in [7, 11) is 0. The number of benzene rings is 2. The second kappa shape index (κ2) is 10.5. The van der Waals surface area contributed by atoms with Crippen LogP contribution < -0.4 is 5.32 Å². The molecule has 30 heavy (non-hydrogen) atoms. The third-order valence-electron chi connectivity index (χ3n) is 4.36. The van der Waals surface area contributed by atoms with E-state index in [4.69, 9.17) is 23.2 Å². The summed E-state index contributed by atoms with van der Waals surface area (Å²) in [6, 6.07) is 12.5. The van der Waals surface area contributed by atoms with Crippen molar-refractivity contribution in [2.75, 3.05) is 5.32 Å². The maximum absolute atomic E-state index is 12.4. The Hall–Kier alpha value is -1.73. The zero-order chi connectivity index (χ0) is 21.7. The fourth-order valence-corrected chi connectivity index (χ4v) is 4.52. The molecule has 0 fully saturated rings. The normalized spacial score (nSPS) is 10.8. The van der Waals surface area contributed by atoms with Gasteiger partial charge in [0, 0.05) is 33.3 Å². The predicted molar refractivity (Wildman–Crippen MR) is 128 cm³/mol. The number of hydrogen-bond acceptors (Lipinski definition) is 4. The number of Topliss-reactive ketones (excluding diaryl/α,β-unsaturated/α-hetero) is 1. The summed E-state index contributed by atoms with van der Waals surface area (Å²) < 4.78 is 0.904. The summed E-state index contributed by atoms with van der Waals surface area (Å²) in [5, 5.41) is 4.28. The molecule has 0 radical (unpaired) electrons. The van der Waals surface area contributed by atoms with Crippen molar-refractivity contribution < 1.29 is 9.59 Å². The van der Waals surface area contributed by atoms with Crippen molar-refractivity contribution in [2.45, 2.75) is 32.6 Å². The molecule has 0 aliphatic rings. The van der Waals surface area contributed by atoms with Crippen molar-refractivity contribution in [1.29, 1.82) is 0 Å². The van der Waals surface area contributed by atoms with Gasteiger partial charge in [-0.25, -0.2) is 4.98 Å². The zero-order valence-corrected chi connectivity index (χ0v) is 20.1. The van der Waals surface area contributed by atoms with Gasteiger partial charge in [0.2, 0.25) is 5.91 Å². The Balaban J connectivity index is 1.68. The molecule has 0 spiro atoms. The summed E-state index contributed by atoms with van der Waals surface area (Å²) in [5.74, 6) is -0.307. The highest BCUT2D eigenvalue weighted by Crippen LogP contribution is 2.35. The molecule has 0 bridgehead atoms. The number of aromatic nitrogens is 1. The van der Waals surface area contributed by atoms with Gasteiger partial charge in [0.05, 0.1) is 15.7 Å². The summed E-state index contributed by atoms with van der Waals surface area (Å²) in [6.07, 6.45) is 2.02. The average Bonchev–Trinajstić information content (AvgIpc) is 3.11. The second-order valence-electron chi connectivity index (χ2n) is 6.65. The minimum Gasteiger partial charge on any atom is -0.302 e. The van der Waals surface area contributed by atoms with E-state index in [1.165, 1.54) is 11.3 Å². The predicted octanol–water partition coefficient (Wildman–Crippen LogP) is 7.43. The maximum atomic E-state index is 12.4. The maximum Gasteiger partial charge on any atom is 0.226 e. The van der Waals surface area contributed by atoms with Crippen molar-refractivity contribution in [3.05, 3.63) is 67.4 Å². The van der Waals surface area contributed by atoms with Crippen molar-refractivity contribution in [3.63, 3.8) is 0 Å². The number of aryl methyl sites for hydroxylation is 1. The summed E-state index contributed by atoms with van der Waals surface area (Å²) in [6.45, 7) is 2.09. The Kier molecular flexibility index (Phi) is 8.06.